The van der Waals surface area contributed by atoms with Gasteiger partial charge in [0.1, 0.15) is 11.6 Å². The molecule has 0 amide bonds. The molecule has 1 aromatic heterocycles. The summed E-state index contributed by atoms with van der Waals surface area (Å²) in [5.74, 6) is -0.347. The number of nitrogens with zero attached hydrogens (tertiary/aromatic N) is 1. The first kappa shape index (κ1) is 22.1. The summed E-state index contributed by atoms with van der Waals surface area (Å²) >= 11 is 6.19. The van der Waals surface area contributed by atoms with Crippen LogP contribution in [-0.2, 0) is 4.74 Å². The van der Waals surface area contributed by atoms with Gasteiger partial charge in [-0.1, -0.05) is 11.6 Å². The lowest BCUT2D eigenvalue weighted by Gasteiger charge is -2.10. The molecule has 0 unspecified atom stereocenters. The topological polar surface area (TPSA) is 101 Å². The molecule has 1 aromatic carbocycles. The first-order valence-electron chi connectivity index (χ1n) is 8.73. The summed E-state index contributed by atoms with van der Waals surface area (Å²) in [5, 5.41) is 9.82. The fourth-order valence-corrected chi connectivity index (χ4v) is 3.25. The average molecular weight is 417 g/mol. The number of benzene rings is 1. The predicted octanol–water partition coefficient (Wildman–Crippen LogP) is 4.27. The van der Waals surface area contributed by atoms with E-state index >= 15 is 0 Å². The summed E-state index contributed by atoms with van der Waals surface area (Å²) in [4.78, 5) is 28.0. The van der Waals surface area contributed by atoms with Gasteiger partial charge < -0.3 is 19.2 Å². The van der Waals surface area contributed by atoms with Crippen molar-refractivity contribution in [3.8, 4) is 17.6 Å². The number of ketones is 1. The van der Waals surface area contributed by atoms with E-state index in [4.69, 9.17) is 25.8 Å². The number of carbonyl (C=O) groups is 2. The molecule has 0 fully saturated rings. The number of halogens is 1. The lowest BCUT2D eigenvalue weighted by Crippen LogP contribution is -2.08. The third kappa shape index (κ3) is 4.44. The summed E-state index contributed by atoms with van der Waals surface area (Å²) in [6, 6.07) is 5.07. The summed E-state index contributed by atoms with van der Waals surface area (Å²) in [6.07, 6.45) is 1.40. The lowest BCUT2D eigenvalue weighted by molar-refractivity contribution is 0.0525. The van der Waals surface area contributed by atoms with Crippen molar-refractivity contribution in [2.24, 2.45) is 0 Å². The first-order valence-corrected chi connectivity index (χ1v) is 9.11. The molecule has 0 radical (unpaired) electrons. The standard InChI is InChI=1S/C21H21ClN2O5/c1-6-29-21(26)17-11(2)18(24-12(17)3)19(25)14(10-23)7-13-8-15(22)20(28-5)16(9-13)27-4/h7-9,24H,6H2,1-5H3/b14-7+. The molecule has 0 aliphatic carbocycles. The van der Waals surface area contributed by atoms with Gasteiger partial charge in [0.25, 0.3) is 0 Å². The van der Waals surface area contributed by atoms with Crippen LogP contribution in [0.15, 0.2) is 17.7 Å². The van der Waals surface area contributed by atoms with Crippen LogP contribution in [-0.4, -0.2) is 37.6 Å². The molecular weight excluding hydrogens is 396 g/mol. The van der Waals surface area contributed by atoms with Crippen LogP contribution < -0.4 is 9.47 Å². The SMILES string of the molecule is CCOC(=O)c1c(C)[nH]c(C(=O)/C(C#N)=C/c2cc(Cl)c(OC)c(OC)c2)c1C. The molecule has 0 bridgehead atoms. The predicted molar refractivity (Wildman–Crippen MR) is 109 cm³/mol. The molecule has 1 heterocycles. The van der Waals surface area contributed by atoms with Crippen LogP contribution in [0.5, 0.6) is 11.5 Å². The number of aromatic nitrogens is 1. The van der Waals surface area contributed by atoms with E-state index in [9.17, 15) is 14.9 Å². The van der Waals surface area contributed by atoms with E-state index in [2.05, 4.69) is 4.98 Å². The number of hydrogen-bond acceptors (Lipinski definition) is 6. The van der Waals surface area contributed by atoms with Crippen LogP contribution in [0.3, 0.4) is 0 Å². The second-order valence-corrected chi connectivity index (χ2v) is 6.49. The molecule has 0 atom stereocenters. The van der Waals surface area contributed by atoms with E-state index in [-0.39, 0.29) is 22.9 Å². The van der Waals surface area contributed by atoms with Crippen molar-refractivity contribution in [3.05, 3.63) is 50.8 Å². The second-order valence-electron chi connectivity index (χ2n) is 6.08. The van der Waals surface area contributed by atoms with Crippen molar-refractivity contribution in [1.29, 1.82) is 5.26 Å². The monoisotopic (exact) mass is 416 g/mol. The number of aryl methyl sites for hydroxylation is 1. The van der Waals surface area contributed by atoms with E-state index in [0.717, 1.165) is 0 Å². The number of nitriles is 1. The Labute approximate surface area is 173 Å². The van der Waals surface area contributed by atoms with Crippen molar-refractivity contribution < 1.29 is 23.8 Å². The molecule has 8 heteroatoms. The van der Waals surface area contributed by atoms with Crippen molar-refractivity contribution in [2.45, 2.75) is 20.8 Å². The van der Waals surface area contributed by atoms with E-state index in [1.165, 1.54) is 20.3 Å². The largest absolute Gasteiger partial charge is 0.493 e. The highest BCUT2D eigenvalue weighted by atomic mass is 35.5. The van der Waals surface area contributed by atoms with Gasteiger partial charge in [-0.15, -0.1) is 0 Å². The summed E-state index contributed by atoms with van der Waals surface area (Å²) < 4.78 is 15.5. The summed E-state index contributed by atoms with van der Waals surface area (Å²) in [7, 11) is 2.92. The van der Waals surface area contributed by atoms with Gasteiger partial charge in [0.05, 0.1) is 37.1 Å². The van der Waals surface area contributed by atoms with Crippen LogP contribution in [0.2, 0.25) is 5.02 Å². The number of H-pyrrole nitrogens is 1. The van der Waals surface area contributed by atoms with Gasteiger partial charge in [-0.25, -0.2) is 4.79 Å². The maximum Gasteiger partial charge on any atom is 0.340 e. The third-order valence-corrected chi connectivity index (χ3v) is 4.56. The van der Waals surface area contributed by atoms with Crippen molar-refractivity contribution >= 4 is 29.4 Å². The smallest absolute Gasteiger partial charge is 0.340 e. The number of esters is 1. The fourth-order valence-electron chi connectivity index (χ4n) is 2.96. The number of carbonyl (C=O) groups excluding carboxylic acids is 2. The molecular formula is C21H21ClN2O5. The van der Waals surface area contributed by atoms with Gasteiger partial charge in [-0.05, 0) is 50.1 Å². The quantitative estimate of drug-likeness (QED) is 0.313. The Kier molecular flexibility index (Phi) is 7.08. The Morgan fingerprint density at radius 3 is 2.48 bits per heavy atom. The van der Waals surface area contributed by atoms with Gasteiger partial charge >= 0.3 is 5.97 Å². The lowest BCUT2D eigenvalue weighted by atomic mass is 10.0. The van der Waals surface area contributed by atoms with Gasteiger partial charge in [0.2, 0.25) is 5.78 Å². The van der Waals surface area contributed by atoms with Gasteiger partial charge in [-0.2, -0.15) is 5.26 Å². The molecule has 0 saturated heterocycles. The fraction of sp³-hybridized carbons (Fsp3) is 0.286. The Balaban J connectivity index is 2.50. The Morgan fingerprint density at radius 1 is 1.24 bits per heavy atom. The van der Waals surface area contributed by atoms with Gasteiger partial charge in [0.15, 0.2) is 11.5 Å². The maximum atomic E-state index is 12.9. The zero-order valence-corrected chi connectivity index (χ0v) is 17.6. The van der Waals surface area contributed by atoms with Crippen LogP contribution in [0.1, 0.15) is 44.6 Å². The van der Waals surface area contributed by atoms with Gasteiger partial charge in [0, 0.05) is 5.69 Å². The number of methoxy groups -OCH3 is 2. The third-order valence-electron chi connectivity index (χ3n) is 4.28. The number of hydrogen-bond donors (Lipinski definition) is 1. The van der Waals surface area contributed by atoms with Crippen LogP contribution >= 0.6 is 11.6 Å². The molecule has 1 N–H and O–H groups in total. The molecule has 2 aromatic rings. The highest BCUT2D eigenvalue weighted by Gasteiger charge is 2.25. The number of nitrogens with one attached hydrogen (secondary N) is 1. The van der Waals surface area contributed by atoms with Crippen LogP contribution in [0.25, 0.3) is 6.08 Å². The molecule has 7 nitrogen and oxygen atoms in total. The molecule has 29 heavy (non-hydrogen) atoms. The molecule has 152 valence electrons. The zero-order valence-electron chi connectivity index (χ0n) is 16.8. The Bertz CT molecular complexity index is 1030. The normalized spacial score (nSPS) is 11.0. The number of aromatic amines is 1. The minimum Gasteiger partial charge on any atom is -0.493 e. The van der Waals surface area contributed by atoms with E-state index in [1.807, 2.05) is 6.07 Å². The Hall–Kier alpha value is -3.24. The molecule has 0 saturated carbocycles. The Morgan fingerprint density at radius 2 is 1.93 bits per heavy atom. The minimum absolute atomic E-state index is 0.131. The van der Waals surface area contributed by atoms with Crippen molar-refractivity contribution in [3.63, 3.8) is 0 Å². The van der Waals surface area contributed by atoms with E-state index in [1.54, 1.807) is 32.9 Å². The molecule has 2 rings (SSSR count). The maximum absolute atomic E-state index is 12.9. The van der Waals surface area contributed by atoms with Crippen molar-refractivity contribution in [2.75, 3.05) is 20.8 Å². The molecule has 0 spiro atoms. The molecule has 0 aliphatic rings. The number of Topliss-reactive ketones (excluding diaryl/α,β-unsaturated/α-hetero) is 1. The number of ether oxygens (including phenoxy) is 3. The zero-order chi connectivity index (χ0) is 21.7. The second kappa shape index (κ2) is 9.30. The highest BCUT2D eigenvalue weighted by Crippen LogP contribution is 2.36. The van der Waals surface area contributed by atoms with E-state index < -0.39 is 11.8 Å². The van der Waals surface area contributed by atoms with Crippen LogP contribution in [0, 0.1) is 25.2 Å². The summed E-state index contributed by atoms with van der Waals surface area (Å²) in [5.41, 5.74) is 1.73. The van der Waals surface area contributed by atoms with E-state index in [0.29, 0.717) is 33.9 Å². The van der Waals surface area contributed by atoms with Crippen molar-refractivity contribution in [1.82, 2.24) is 4.98 Å². The van der Waals surface area contributed by atoms with Crippen LogP contribution in [0.4, 0.5) is 0 Å². The highest BCUT2D eigenvalue weighted by molar-refractivity contribution is 6.32. The minimum atomic E-state index is -0.547. The molecule has 0 aliphatic heterocycles. The number of allylic oxidation sites excluding steroid dienone is 1. The first-order chi connectivity index (χ1) is 13.8. The average Bonchev–Trinajstić information content (AvgIpc) is 2.99. The summed E-state index contributed by atoms with van der Waals surface area (Å²) in [6.45, 7) is 5.22. The number of rotatable bonds is 7. The van der Waals surface area contributed by atoms with Gasteiger partial charge in [-0.3, -0.25) is 4.79 Å².